The van der Waals surface area contributed by atoms with Crippen LogP contribution in [-0.2, 0) is 4.74 Å². The van der Waals surface area contributed by atoms with Gasteiger partial charge in [0.15, 0.2) is 23.2 Å². The summed E-state index contributed by atoms with van der Waals surface area (Å²) in [5.74, 6) is 0.657. The van der Waals surface area contributed by atoms with Gasteiger partial charge in [0.05, 0.1) is 12.9 Å². The van der Waals surface area contributed by atoms with Crippen LogP contribution in [0.5, 0.6) is 0 Å². The molecular formula is C17H25N5O4. The molecule has 3 heterocycles. The van der Waals surface area contributed by atoms with Crippen LogP contribution < -0.4 is 5.32 Å². The molecule has 1 saturated carbocycles. The van der Waals surface area contributed by atoms with E-state index in [9.17, 15) is 15.3 Å². The van der Waals surface area contributed by atoms with Gasteiger partial charge in [0.25, 0.3) is 0 Å². The Morgan fingerprint density at radius 2 is 1.96 bits per heavy atom. The van der Waals surface area contributed by atoms with E-state index in [0.717, 1.165) is 12.8 Å². The van der Waals surface area contributed by atoms with Gasteiger partial charge in [0.2, 0.25) is 0 Å². The predicted molar refractivity (Wildman–Crippen MR) is 93.4 cm³/mol. The molecule has 4 rings (SSSR count). The number of hydrogen-bond donors (Lipinski definition) is 4. The Morgan fingerprint density at radius 3 is 2.65 bits per heavy atom. The first-order chi connectivity index (χ1) is 12.5. The summed E-state index contributed by atoms with van der Waals surface area (Å²) in [5.41, 5.74) is 1.08. The van der Waals surface area contributed by atoms with E-state index < -0.39 is 24.5 Å². The van der Waals surface area contributed by atoms with Crippen molar-refractivity contribution in [1.29, 1.82) is 0 Å². The van der Waals surface area contributed by atoms with Crippen LogP contribution in [-0.4, -0.2) is 65.3 Å². The van der Waals surface area contributed by atoms with Gasteiger partial charge in [0.1, 0.15) is 24.6 Å². The average molecular weight is 363 g/mol. The fraction of sp³-hybridized carbons (Fsp3) is 0.706. The minimum absolute atomic E-state index is 0.0230. The van der Waals surface area contributed by atoms with E-state index in [0.29, 0.717) is 17.0 Å². The van der Waals surface area contributed by atoms with E-state index >= 15 is 0 Å². The van der Waals surface area contributed by atoms with Crippen molar-refractivity contribution in [2.24, 2.45) is 0 Å². The second kappa shape index (κ2) is 6.73. The fourth-order valence-corrected chi connectivity index (χ4v) is 3.98. The summed E-state index contributed by atoms with van der Waals surface area (Å²) in [6, 6.07) is 0. The number of aliphatic hydroxyl groups excluding tert-OH is 3. The third-order valence-corrected chi connectivity index (χ3v) is 5.53. The molecule has 0 radical (unpaired) electrons. The molecule has 1 unspecified atom stereocenters. The molecule has 2 fully saturated rings. The molecule has 4 N–H and O–H groups in total. The molecule has 1 aliphatic heterocycles. The summed E-state index contributed by atoms with van der Waals surface area (Å²) in [5, 5.41) is 33.1. The Kier molecular flexibility index (Phi) is 4.55. The van der Waals surface area contributed by atoms with Crippen LogP contribution in [0.1, 0.15) is 45.3 Å². The molecule has 0 spiro atoms. The van der Waals surface area contributed by atoms with Gasteiger partial charge in [-0.2, -0.15) is 0 Å². The van der Waals surface area contributed by atoms with Gasteiger partial charge in [-0.15, -0.1) is 0 Å². The number of aliphatic hydroxyl groups is 3. The third-order valence-electron chi connectivity index (χ3n) is 5.53. The first-order valence-electron chi connectivity index (χ1n) is 9.10. The zero-order chi connectivity index (χ0) is 18.3. The predicted octanol–water partition coefficient (Wildman–Crippen LogP) is 0.572. The third kappa shape index (κ3) is 2.94. The standard InChI is InChI=1S/C17H25N5O4/c1-17(5-3-2-4-6-17)21-14-11-15(19-8-18-14)22(9-20-11)16-13(25)12(24)10(7-23)26-16/h8-10,12-13,16,23-25H,2-7H2,1H3,(H,18,19,21)/t10-,12-,13-,16?/m1/s1. The number of nitrogens with one attached hydrogen (secondary N) is 1. The smallest absolute Gasteiger partial charge is 0.167 e. The number of anilines is 1. The molecule has 0 aromatic carbocycles. The topological polar surface area (TPSA) is 126 Å². The van der Waals surface area contributed by atoms with Crippen LogP contribution in [0, 0.1) is 0 Å². The molecule has 0 amide bonds. The number of imidazole rings is 1. The molecule has 142 valence electrons. The Bertz CT molecular complexity index is 776. The van der Waals surface area contributed by atoms with Crippen molar-refractivity contribution in [2.75, 3.05) is 11.9 Å². The maximum Gasteiger partial charge on any atom is 0.167 e. The van der Waals surface area contributed by atoms with Crippen LogP contribution in [0.25, 0.3) is 11.2 Å². The highest BCUT2D eigenvalue weighted by molar-refractivity contribution is 5.83. The van der Waals surface area contributed by atoms with Crippen LogP contribution in [0.2, 0.25) is 0 Å². The van der Waals surface area contributed by atoms with E-state index in [1.54, 1.807) is 4.57 Å². The number of fused-ring (bicyclic) bond motifs is 1. The minimum Gasteiger partial charge on any atom is -0.394 e. The molecule has 2 aromatic rings. The van der Waals surface area contributed by atoms with Gasteiger partial charge >= 0.3 is 0 Å². The zero-order valence-electron chi connectivity index (χ0n) is 14.7. The van der Waals surface area contributed by atoms with Gasteiger partial charge in [0, 0.05) is 5.54 Å². The molecule has 2 aliphatic rings. The Balaban J connectivity index is 1.65. The van der Waals surface area contributed by atoms with E-state index in [2.05, 4.69) is 27.2 Å². The molecule has 26 heavy (non-hydrogen) atoms. The van der Waals surface area contributed by atoms with Crippen molar-refractivity contribution >= 4 is 17.0 Å². The minimum atomic E-state index is -1.17. The average Bonchev–Trinajstić information content (AvgIpc) is 3.18. The van der Waals surface area contributed by atoms with Crippen molar-refractivity contribution in [3.05, 3.63) is 12.7 Å². The van der Waals surface area contributed by atoms with E-state index in [-0.39, 0.29) is 12.1 Å². The molecule has 1 aliphatic carbocycles. The summed E-state index contributed by atoms with van der Waals surface area (Å²) in [6.45, 7) is 1.82. The van der Waals surface area contributed by atoms with Gasteiger partial charge in [-0.25, -0.2) is 15.0 Å². The van der Waals surface area contributed by atoms with Crippen LogP contribution in [0.15, 0.2) is 12.7 Å². The summed E-state index contributed by atoms with van der Waals surface area (Å²) in [4.78, 5) is 13.1. The number of hydrogen-bond acceptors (Lipinski definition) is 8. The maximum absolute atomic E-state index is 10.3. The first kappa shape index (κ1) is 17.6. The van der Waals surface area contributed by atoms with E-state index in [4.69, 9.17) is 4.74 Å². The number of aromatic nitrogens is 4. The number of rotatable bonds is 4. The summed E-state index contributed by atoms with van der Waals surface area (Å²) in [7, 11) is 0. The van der Waals surface area contributed by atoms with Crippen molar-refractivity contribution in [1.82, 2.24) is 19.5 Å². The van der Waals surface area contributed by atoms with Crippen molar-refractivity contribution in [3.63, 3.8) is 0 Å². The van der Waals surface area contributed by atoms with Crippen LogP contribution in [0.3, 0.4) is 0 Å². The van der Waals surface area contributed by atoms with Gasteiger partial charge in [-0.1, -0.05) is 19.3 Å². The molecule has 4 atom stereocenters. The normalized spacial score (nSPS) is 31.4. The summed E-state index contributed by atoms with van der Waals surface area (Å²) >= 11 is 0. The van der Waals surface area contributed by atoms with E-state index in [1.807, 2.05) is 0 Å². The Morgan fingerprint density at radius 1 is 1.19 bits per heavy atom. The Labute approximate surface area is 151 Å². The van der Waals surface area contributed by atoms with Crippen LogP contribution >= 0.6 is 0 Å². The Hall–Kier alpha value is -1.81. The van der Waals surface area contributed by atoms with E-state index in [1.165, 1.54) is 31.9 Å². The van der Waals surface area contributed by atoms with Crippen molar-refractivity contribution in [2.45, 2.75) is 69.1 Å². The molecule has 1 saturated heterocycles. The van der Waals surface area contributed by atoms with Crippen molar-refractivity contribution < 1.29 is 20.1 Å². The number of nitrogens with zero attached hydrogens (tertiary/aromatic N) is 4. The molecule has 9 nitrogen and oxygen atoms in total. The first-order valence-corrected chi connectivity index (χ1v) is 9.10. The molecule has 2 aromatic heterocycles. The second-order valence-electron chi connectivity index (χ2n) is 7.52. The maximum atomic E-state index is 10.3. The highest BCUT2D eigenvalue weighted by atomic mass is 16.6. The lowest BCUT2D eigenvalue weighted by molar-refractivity contribution is -0.0511. The quantitative estimate of drug-likeness (QED) is 0.621. The fourth-order valence-electron chi connectivity index (χ4n) is 3.98. The monoisotopic (exact) mass is 363 g/mol. The van der Waals surface area contributed by atoms with Crippen molar-refractivity contribution in [3.8, 4) is 0 Å². The van der Waals surface area contributed by atoms with Gasteiger partial charge in [-0.05, 0) is 19.8 Å². The lowest BCUT2D eigenvalue weighted by Crippen LogP contribution is -2.37. The highest BCUT2D eigenvalue weighted by Gasteiger charge is 2.44. The van der Waals surface area contributed by atoms with Crippen LogP contribution in [0.4, 0.5) is 5.82 Å². The molecular weight excluding hydrogens is 338 g/mol. The molecule has 9 heteroatoms. The SMILES string of the molecule is CC1(Nc2ncnc3c2ncn3C2O[C@H](CO)[C@@H](O)[C@H]2O)CCCCC1. The lowest BCUT2D eigenvalue weighted by Gasteiger charge is -2.35. The lowest BCUT2D eigenvalue weighted by atomic mass is 9.83. The summed E-state index contributed by atoms with van der Waals surface area (Å²) in [6.07, 6.45) is 4.73. The summed E-state index contributed by atoms with van der Waals surface area (Å²) < 4.78 is 7.17. The van der Waals surface area contributed by atoms with Gasteiger partial charge in [-0.3, -0.25) is 4.57 Å². The van der Waals surface area contributed by atoms with Gasteiger partial charge < -0.3 is 25.4 Å². The molecule has 0 bridgehead atoms. The second-order valence-corrected chi connectivity index (χ2v) is 7.52. The highest BCUT2D eigenvalue weighted by Crippen LogP contribution is 2.34. The largest absolute Gasteiger partial charge is 0.394 e. The zero-order valence-corrected chi connectivity index (χ0v) is 14.7. The number of ether oxygens (including phenoxy) is 1.